The SMILES string of the molecule is O=C(COC(=O)c1ccc(NS(=O)(=O)c2cccs2)cc1O)Nc1ccc([N+](=O)[O-])cc1. The molecule has 0 atom stereocenters. The summed E-state index contributed by atoms with van der Waals surface area (Å²) in [6.45, 7) is -0.679. The van der Waals surface area contributed by atoms with Gasteiger partial charge >= 0.3 is 5.97 Å². The van der Waals surface area contributed by atoms with Gasteiger partial charge in [-0.25, -0.2) is 13.2 Å². The molecule has 32 heavy (non-hydrogen) atoms. The number of rotatable bonds is 8. The zero-order chi connectivity index (χ0) is 23.3. The summed E-state index contributed by atoms with van der Waals surface area (Å²) in [6, 6.07) is 11.5. The Balaban J connectivity index is 1.58. The maximum absolute atomic E-state index is 12.2. The summed E-state index contributed by atoms with van der Waals surface area (Å²) < 4.78 is 31.7. The average Bonchev–Trinajstić information content (AvgIpc) is 3.28. The fraction of sp³-hybridized carbons (Fsp3) is 0.0526. The summed E-state index contributed by atoms with van der Waals surface area (Å²) in [5.41, 5.74) is -0.122. The van der Waals surface area contributed by atoms with Crippen molar-refractivity contribution in [2.24, 2.45) is 0 Å². The van der Waals surface area contributed by atoms with E-state index in [1.807, 2.05) is 0 Å². The number of hydrogen-bond donors (Lipinski definition) is 3. The number of sulfonamides is 1. The lowest BCUT2D eigenvalue weighted by atomic mass is 10.2. The fourth-order valence-corrected chi connectivity index (χ4v) is 4.50. The number of amides is 1. The number of esters is 1. The molecule has 1 aromatic heterocycles. The second kappa shape index (κ2) is 9.45. The summed E-state index contributed by atoms with van der Waals surface area (Å²) in [7, 11) is -3.83. The van der Waals surface area contributed by atoms with Crippen LogP contribution in [0.2, 0.25) is 0 Å². The molecule has 1 heterocycles. The number of nitro groups is 1. The Morgan fingerprint density at radius 1 is 1.09 bits per heavy atom. The molecular weight excluding hydrogens is 462 g/mol. The Kier molecular flexibility index (Phi) is 6.70. The zero-order valence-corrected chi connectivity index (χ0v) is 17.7. The van der Waals surface area contributed by atoms with Crippen LogP contribution in [0.4, 0.5) is 17.1 Å². The minimum Gasteiger partial charge on any atom is -0.507 e. The zero-order valence-electron chi connectivity index (χ0n) is 16.0. The highest BCUT2D eigenvalue weighted by Crippen LogP contribution is 2.26. The Bertz CT molecular complexity index is 1260. The van der Waals surface area contributed by atoms with Crippen LogP contribution >= 0.6 is 11.3 Å². The van der Waals surface area contributed by atoms with Crippen LogP contribution < -0.4 is 10.0 Å². The van der Waals surface area contributed by atoms with E-state index >= 15 is 0 Å². The number of carbonyl (C=O) groups excluding carboxylic acids is 2. The van der Waals surface area contributed by atoms with Crippen molar-refractivity contribution in [3.05, 3.63) is 75.7 Å². The molecule has 0 unspecified atom stereocenters. The van der Waals surface area contributed by atoms with Crippen LogP contribution in [-0.4, -0.2) is 36.9 Å². The van der Waals surface area contributed by atoms with Crippen LogP contribution in [0.25, 0.3) is 0 Å². The maximum atomic E-state index is 12.2. The first-order valence-corrected chi connectivity index (χ1v) is 11.1. The molecule has 0 fully saturated rings. The molecule has 3 aromatic rings. The molecule has 0 bridgehead atoms. The number of non-ortho nitro benzene ring substituents is 1. The van der Waals surface area contributed by atoms with Gasteiger partial charge in [-0.15, -0.1) is 11.3 Å². The van der Waals surface area contributed by atoms with Gasteiger partial charge in [0.25, 0.3) is 21.6 Å². The van der Waals surface area contributed by atoms with Gasteiger partial charge in [0.1, 0.15) is 15.5 Å². The normalized spacial score (nSPS) is 10.9. The molecule has 0 saturated carbocycles. The van der Waals surface area contributed by atoms with E-state index in [2.05, 4.69) is 10.0 Å². The standard InChI is InChI=1S/C19H15N3O8S2/c23-16-10-13(21-32(28,29)18-2-1-9-31-18)5-8-15(16)19(25)30-11-17(24)20-12-3-6-14(7-4-12)22(26)27/h1-10,21,23H,11H2,(H,20,24). The average molecular weight is 477 g/mol. The third-order valence-corrected chi connectivity index (χ3v) is 6.70. The lowest BCUT2D eigenvalue weighted by Crippen LogP contribution is -2.21. The minimum absolute atomic E-state index is 0.0309. The second-order valence-electron chi connectivity index (χ2n) is 6.20. The molecule has 11 nitrogen and oxygen atoms in total. The monoisotopic (exact) mass is 477 g/mol. The van der Waals surface area contributed by atoms with E-state index in [1.54, 1.807) is 11.4 Å². The highest BCUT2D eigenvalue weighted by atomic mass is 32.2. The summed E-state index contributed by atoms with van der Waals surface area (Å²) in [5, 5.41) is 24.7. The lowest BCUT2D eigenvalue weighted by molar-refractivity contribution is -0.384. The molecule has 2 aromatic carbocycles. The molecule has 0 saturated heterocycles. The van der Waals surface area contributed by atoms with E-state index < -0.39 is 39.2 Å². The number of carbonyl (C=O) groups is 2. The first-order valence-electron chi connectivity index (χ1n) is 8.76. The van der Waals surface area contributed by atoms with Gasteiger partial charge in [-0.3, -0.25) is 19.6 Å². The van der Waals surface area contributed by atoms with E-state index in [9.17, 15) is 33.2 Å². The van der Waals surface area contributed by atoms with Gasteiger partial charge in [-0.2, -0.15) is 0 Å². The van der Waals surface area contributed by atoms with Gasteiger partial charge in [-0.1, -0.05) is 6.07 Å². The maximum Gasteiger partial charge on any atom is 0.342 e. The van der Waals surface area contributed by atoms with Crippen LogP contribution in [0.15, 0.2) is 64.2 Å². The summed E-state index contributed by atoms with van der Waals surface area (Å²) in [5.74, 6) is -2.25. The largest absolute Gasteiger partial charge is 0.507 e. The molecule has 0 radical (unpaired) electrons. The van der Waals surface area contributed by atoms with Crippen molar-refractivity contribution < 1.29 is 32.8 Å². The van der Waals surface area contributed by atoms with Crippen LogP contribution in [-0.2, 0) is 19.6 Å². The highest BCUT2D eigenvalue weighted by Gasteiger charge is 2.19. The number of anilines is 2. The van der Waals surface area contributed by atoms with Crippen molar-refractivity contribution in [1.29, 1.82) is 0 Å². The van der Waals surface area contributed by atoms with E-state index in [0.29, 0.717) is 0 Å². The Hall–Kier alpha value is -3.97. The van der Waals surface area contributed by atoms with Crippen molar-refractivity contribution in [1.82, 2.24) is 0 Å². The van der Waals surface area contributed by atoms with Gasteiger partial charge < -0.3 is 15.2 Å². The van der Waals surface area contributed by atoms with Crippen LogP contribution in [0.3, 0.4) is 0 Å². The summed E-state index contributed by atoms with van der Waals surface area (Å²) in [4.78, 5) is 34.1. The predicted octanol–water partition coefficient (Wildman–Crippen LogP) is 2.96. The van der Waals surface area contributed by atoms with Gasteiger partial charge in [0.15, 0.2) is 6.61 Å². The number of nitro benzene ring substituents is 1. The quantitative estimate of drug-likeness (QED) is 0.253. The molecule has 0 aliphatic rings. The van der Waals surface area contributed by atoms with Crippen LogP contribution in [0.1, 0.15) is 10.4 Å². The Morgan fingerprint density at radius 2 is 1.78 bits per heavy atom. The van der Waals surface area contributed by atoms with Crippen molar-refractivity contribution in [2.45, 2.75) is 4.21 Å². The number of ether oxygens (including phenoxy) is 1. The first-order chi connectivity index (χ1) is 15.2. The molecule has 166 valence electrons. The number of hydrogen-bond acceptors (Lipinski definition) is 9. The van der Waals surface area contributed by atoms with Gasteiger partial charge in [0, 0.05) is 23.9 Å². The van der Waals surface area contributed by atoms with E-state index in [-0.39, 0.29) is 26.8 Å². The summed E-state index contributed by atoms with van der Waals surface area (Å²) in [6.07, 6.45) is 0. The predicted molar refractivity (Wildman–Crippen MR) is 115 cm³/mol. The van der Waals surface area contributed by atoms with E-state index in [0.717, 1.165) is 23.5 Å². The van der Waals surface area contributed by atoms with Crippen LogP contribution in [0.5, 0.6) is 5.75 Å². The molecule has 1 amide bonds. The molecule has 0 spiro atoms. The minimum atomic E-state index is -3.83. The number of benzene rings is 2. The topological polar surface area (TPSA) is 165 Å². The number of thiophene rings is 1. The van der Waals surface area contributed by atoms with Gasteiger partial charge in [-0.05, 0) is 35.7 Å². The van der Waals surface area contributed by atoms with Crippen molar-refractivity contribution in [3.63, 3.8) is 0 Å². The van der Waals surface area contributed by atoms with E-state index in [4.69, 9.17) is 4.74 Å². The third kappa shape index (κ3) is 5.59. The molecular formula is C19H15N3O8S2. The molecule has 3 N–H and O–H groups in total. The van der Waals surface area contributed by atoms with Crippen molar-refractivity contribution >= 4 is 50.3 Å². The highest BCUT2D eigenvalue weighted by molar-refractivity contribution is 7.94. The first kappa shape index (κ1) is 22.7. The summed E-state index contributed by atoms with van der Waals surface area (Å²) >= 11 is 1.02. The lowest BCUT2D eigenvalue weighted by Gasteiger charge is -2.10. The Labute approximate surface area is 185 Å². The second-order valence-corrected chi connectivity index (χ2v) is 9.05. The molecule has 13 heteroatoms. The van der Waals surface area contributed by atoms with Crippen molar-refractivity contribution in [3.8, 4) is 5.75 Å². The smallest absolute Gasteiger partial charge is 0.342 e. The number of nitrogens with one attached hydrogen (secondary N) is 2. The number of phenols is 1. The molecule has 0 aliphatic carbocycles. The fourth-order valence-electron chi connectivity index (χ4n) is 2.46. The number of nitrogens with zero attached hydrogens (tertiary/aromatic N) is 1. The third-order valence-electron chi connectivity index (χ3n) is 3.93. The van der Waals surface area contributed by atoms with Crippen LogP contribution in [0, 0.1) is 10.1 Å². The Morgan fingerprint density at radius 3 is 2.38 bits per heavy atom. The number of phenolic OH excluding ortho intramolecular Hbond substituents is 1. The van der Waals surface area contributed by atoms with Gasteiger partial charge in [0.05, 0.1) is 10.6 Å². The van der Waals surface area contributed by atoms with E-state index in [1.165, 1.54) is 36.4 Å². The number of aromatic hydroxyl groups is 1. The molecule has 0 aliphatic heterocycles. The molecule has 3 rings (SSSR count). The van der Waals surface area contributed by atoms with Crippen molar-refractivity contribution in [2.75, 3.05) is 16.6 Å². The van der Waals surface area contributed by atoms with Gasteiger partial charge in [0.2, 0.25) is 0 Å².